The summed E-state index contributed by atoms with van der Waals surface area (Å²) in [5.41, 5.74) is -0.938. The zero-order chi connectivity index (χ0) is 23.0. The second-order valence-electron chi connectivity index (χ2n) is 4.99. The van der Waals surface area contributed by atoms with Gasteiger partial charge in [-0.15, -0.1) is 0 Å². The number of rotatable bonds is 10. The first-order valence-electron chi connectivity index (χ1n) is 7.77. The van der Waals surface area contributed by atoms with Gasteiger partial charge in [-0.1, -0.05) is 0 Å². The SMILES string of the molecule is COC(=O)/C=C/n1nnn(COS(=O)(=O)OC[N+]2=NN=[N+](/C=C/C(=O)OC)C2=O)c1=O. The van der Waals surface area contributed by atoms with Gasteiger partial charge in [0.1, 0.15) is 4.70 Å². The highest BCUT2D eigenvalue weighted by atomic mass is 32.3. The van der Waals surface area contributed by atoms with Crippen LogP contribution in [-0.4, -0.2) is 76.5 Å². The summed E-state index contributed by atoms with van der Waals surface area (Å²) >= 11 is 0. The topological polar surface area (TPSA) is 206 Å². The molecule has 19 heteroatoms. The van der Waals surface area contributed by atoms with Gasteiger partial charge in [0.2, 0.25) is 0 Å². The number of methoxy groups -OCH3 is 2. The monoisotopic (exact) mass is 462 g/mol. The lowest BCUT2D eigenvalue weighted by atomic mass is 10.6. The van der Waals surface area contributed by atoms with Crippen LogP contribution < -0.4 is 5.69 Å². The third-order valence-electron chi connectivity index (χ3n) is 3.07. The Hall–Kier alpha value is -3.97. The maximum atomic E-state index is 11.9. The van der Waals surface area contributed by atoms with E-state index >= 15 is 0 Å². The molecule has 0 unspecified atom stereocenters. The van der Waals surface area contributed by atoms with Crippen LogP contribution in [0.15, 0.2) is 33.6 Å². The van der Waals surface area contributed by atoms with Crippen molar-refractivity contribution in [3.63, 3.8) is 0 Å². The molecule has 31 heavy (non-hydrogen) atoms. The van der Waals surface area contributed by atoms with Crippen molar-refractivity contribution in [1.29, 1.82) is 0 Å². The molecular weight excluding hydrogens is 448 g/mol. The van der Waals surface area contributed by atoms with E-state index in [-0.39, 0.29) is 0 Å². The fourth-order valence-electron chi connectivity index (χ4n) is 1.58. The zero-order valence-electron chi connectivity index (χ0n) is 15.8. The third-order valence-corrected chi connectivity index (χ3v) is 3.86. The summed E-state index contributed by atoms with van der Waals surface area (Å²) in [5, 5.41) is 13.4. The Balaban J connectivity index is 1.89. The Morgan fingerprint density at radius 3 is 2.39 bits per heavy atom. The number of amides is 2. The van der Waals surface area contributed by atoms with Crippen molar-refractivity contribution in [3.05, 3.63) is 28.8 Å². The molecule has 166 valence electrons. The van der Waals surface area contributed by atoms with E-state index in [0.29, 0.717) is 18.8 Å². The minimum Gasteiger partial charge on any atom is -0.466 e. The van der Waals surface area contributed by atoms with Gasteiger partial charge in [-0.2, -0.15) is 26.8 Å². The summed E-state index contributed by atoms with van der Waals surface area (Å²) in [7, 11) is -2.46. The highest BCUT2D eigenvalue weighted by Gasteiger charge is 2.41. The Kier molecular flexibility index (Phi) is 7.65. The number of ether oxygens (including phenoxy) is 2. The molecule has 2 amide bonds. The molecule has 1 aromatic rings. The summed E-state index contributed by atoms with van der Waals surface area (Å²) in [5.74, 6) is -1.52. The summed E-state index contributed by atoms with van der Waals surface area (Å²) in [6, 6.07) is -0.938. The van der Waals surface area contributed by atoms with Crippen LogP contribution in [0.5, 0.6) is 0 Å². The molecular formula is C12H14N8O10S+2. The van der Waals surface area contributed by atoms with E-state index < -0.39 is 47.5 Å². The lowest BCUT2D eigenvalue weighted by Gasteiger charge is -2.01. The second-order valence-corrected chi connectivity index (χ2v) is 6.28. The Morgan fingerprint density at radius 2 is 1.71 bits per heavy atom. The number of hydrogen-bond acceptors (Lipinski definition) is 14. The van der Waals surface area contributed by atoms with Crippen LogP contribution in [-0.2, 0) is 44.6 Å². The van der Waals surface area contributed by atoms with Crippen LogP contribution in [0.25, 0.3) is 6.20 Å². The van der Waals surface area contributed by atoms with Crippen LogP contribution in [0.4, 0.5) is 4.79 Å². The van der Waals surface area contributed by atoms with E-state index in [1.54, 1.807) is 0 Å². The molecule has 1 aromatic heterocycles. The number of hydrogen-bond donors (Lipinski definition) is 0. The summed E-state index contributed by atoms with van der Waals surface area (Å²) in [6.45, 7) is -1.84. The lowest BCUT2D eigenvalue weighted by Crippen LogP contribution is -2.28. The van der Waals surface area contributed by atoms with Crippen molar-refractivity contribution >= 4 is 34.6 Å². The normalized spacial score (nSPS) is 14.2. The first-order valence-corrected chi connectivity index (χ1v) is 9.11. The predicted octanol–water partition coefficient (Wildman–Crippen LogP) is -2.06. The molecule has 18 nitrogen and oxygen atoms in total. The van der Waals surface area contributed by atoms with E-state index in [9.17, 15) is 27.6 Å². The quantitative estimate of drug-likeness (QED) is 0.209. The molecule has 1 aliphatic heterocycles. The first-order chi connectivity index (χ1) is 14.7. The molecule has 2 rings (SSSR count). The molecule has 0 N–H and O–H groups in total. The largest absolute Gasteiger partial charge is 0.640 e. The maximum Gasteiger partial charge on any atom is 0.640 e. The van der Waals surface area contributed by atoms with Crippen molar-refractivity contribution in [2.24, 2.45) is 10.4 Å². The standard InChI is InChI=1S/C12H14N8O10S/c1-27-9(21)3-5-17-11(23)19(15-13-17)7-29-31(25,26)30-8-20-12(24)18(14-16-20)6-4-10(22)28-2/h3-6H,7-8H2,1-2H3/q+2/b5-3+,6-4+. The Bertz CT molecular complexity index is 1160. The van der Waals surface area contributed by atoms with Crippen LogP contribution in [0.1, 0.15) is 0 Å². The van der Waals surface area contributed by atoms with Gasteiger partial charge in [0.25, 0.3) is 12.0 Å². The molecule has 1 aliphatic rings. The van der Waals surface area contributed by atoms with Gasteiger partial charge < -0.3 is 9.47 Å². The minimum atomic E-state index is -4.71. The number of aromatic nitrogens is 4. The Morgan fingerprint density at radius 1 is 1.03 bits per heavy atom. The molecule has 0 spiro atoms. The van der Waals surface area contributed by atoms with Gasteiger partial charge in [0.15, 0.2) is 12.9 Å². The van der Waals surface area contributed by atoms with E-state index in [4.69, 9.17) is 0 Å². The Labute approximate surface area is 172 Å². The third kappa shape index (κ3) is 6.52. The lowest BCUT2D eigenvalue weighted by molar-refractivity contribution is -0.583. The van der Waals surface area contributed by atoms with Gasteiger partial charge in [-0.25, -0.2) is 18.6 Å². The van der Waals surface area contributed by atoms with Crippen LogP contribution in [0, 0.1) is 0 Å². The smallest absolute Gasteiger partial charge is 0.466 e. The highest BCUT2D eigenvalue weighted by Crippen LogP contribution is 2.04. The molecule has 0 aliphatic carbocycles. The highest BCUT2D eigenvalue weighted by molar-refractivity contribution is 7.81. The van der Waals surface area contributed by atoms with Crippen molar-refractivity contribution in [2.45, 2.75) is 6.73 Å². The molecule has 0 fully saturated rings. The van der Waals surface area contributed by atoms with E-state index in [0.717, 1.165) is 38.8 Å². The van der Waals surface area contributed by atoms with Crippen LogP contribution >= 0.6 is 0 Å². The number of carbonyl (C=O) groups excluding carboxylic acids is 3. The van der Waals surface area contributed by atoms with Crippen molar-refractivity contribution in [2.75, 3.05) is 21.0 Å². The number of urea groups is 1. The van der Waals surface area contributed by atoms with Crippen LogP contribution in [0.2, 0.25) is 0 Å². The van der Waals surface area contributed by atoms with Crippen LogP contribution in [0.3, 0.4) is 0 Å². The summed E-state index contributed by atoms with van der Waals surface area (Å²) in [4.78, 5) is 45.8. The summed E-state index contributed by atoms with van der Waals surface area (Å²) < 4.78 is 43.4. The number of esters is 2. The molecule has 0 atom stereocenters. The second kappa shape index (κ2) is 10.2. The van der Waals surface area contributed by atoms with E-state index in [1.165, 1.54) is 0 Å². The predicted molar refractivity (Wildman–Crippen MR) is 89.5 cm³/mol. The zero-order valence-corrected chi connectivity index (χ0v) is 16.6. The number of nitrogens with zero attached hydrogens (tertiary/aromatic N) is 8. The molecule has 0 saturated carbocycles. The summed E-state index contributed by atoms with van der Waals surface area (Å²) in [6.07, 6.45) is 3.64. The van der Waals surface area contributed by atoms with E-state index in [2.05, 4.69) is 38.7 Å². The van der Waals surface area contributed by atoms with Gasteiger partial charge >= 0.3 is 39.3 Å². The molecule has 0 bridgehead atoms. The van der Waals surface area contributed by atoms with Crippen molar-refractivity contribution < 1.29 is 50.0 Å². The van der Waals surface area contributed by atoms with Crippen molar-refractivity contribution in [1.82, 2.24) is 19.8 Å². The number of tetrazole rings is 1. The molecule has 0 radical (unpaired) electrons. The minimum absolute atomic E-state index is 0.503. The van der Waals surface area contributed by atoms with E-state index in [1.807, 2.05) is 0 Å². The van der Waals surface area contributed by atoms with Gasteiger partial charge in [-0.05, 0) is 10.4 Å². The number of carbonyl (C=O) groups is 3. The fourth-order valence-corrected chi connectivity index (χ4v) is 2.11. The maximum absolute atomic E-state index is 11.9. The van der Waals surface area contributed by atoms with Gasteiger partial charge in [-0.3, -0.25) is 0 Å². The average molecular weight is 462 g/mol. The first kappa shape index (κ1) is 23.3. The van der Waals surface area contributed by atoms with Gasteiger partial charge in [0, 0.05) is 17.0 Å². The molecule has 2 heterocycles. The van der Waals surface area contributed by atoms with Gasteiger partial charge in [0.05, 0.1) is 20.3 Å². The molecule has 0 saturated heterocycles. The average Bonchev–Trinajstić information content (AvgIpc) is 3.29. The van der Waals surface area contributed by atoms with Crippen molar-refractivity contribution in [3.8, 4) is 0 Å². The fraction of sp³-hybridized carbons (Fsp3) is 0.333. The molecule has 0 aromatic carbocycles.